The summed E-state index contributed by atoms with van der Waals surface area (Å²) in [5, 5.41) is 11.9. The smallest absolute Gasteiger partial charge is 0.304 e. The second-order valence-electron chi connectivity index (χ2n) is 10.7. The second-order valence-corrected chi connectivity index (χ2v) is 12.7. The highest BCUT2D eigenvalue weighted by atomic mass is 32.1. The molecule has 0 aliphatic carbocycles. The number of aliphatic carboxylic acids is 1. The van der Waals surface area contributed by atoms with Crippen LogP contribution in [0.1, 0.15) is 59.0 Å². The van der Waals surface area contributed by atoms with Crippen molar-refractivity contribution in [1.29, 1.82) is 0 Å². The van der Waals surface area contributed by atoms with Crippen molar-refractivity contribution in [2.24, 2.45) is 0 Å². The molecule has 0 amide bonds. The zero-order valence-corrected chi connectivity index (χ0v) is 24.4. The van der Waals surface area contributed by atoms with Gasteiger partial charge in [0.05, 0.1) is 35.8 Å². The van der Waals surface area contributed by atoms with Gasteiger partial charge in [0.25, 0.3) is 0 Å². The summed E-state index contributed by atoms with van der Waals surface area (Å²) in [7, 11) is 0. The molecule has 1 N–H and O–H groups in total. The Labute approximate surface area is 237 Å². The molecule has 11 heteroatoms. The number of Topliss-reactive ketones (excluding diaryl/α,β-unsaturated/α-hetero) is 1. The van der Waals surface area contributed by atoms with Crippen molar-refractivity contribution >= 4 is 40.2 Å². The quantitative estimate of drug-likeness (QED) is 0.357. The molecule has 2 fully saturated rings. The Kier molecular flexibility index (Phi) is 8.70. The lowest BCUT2D eigenvalue weighted by Crippen LogP contribution is -2.52. The van der Waals surface area contributed by atoms with Crippen LogP contribution in [0.25, 0.3) is 10.6 Å². The maximum absolute atomic E-state index is 13.2. The molecule has 5 rings (SSSR count). The molecule has 0 bridgehead atoms. The van der Waals surface area contributed by atoms with Gasteiger partial charge in [-0.05, 0) is 57.2 Å². The summed E-state index contributed by atoms with van der Waals surface area (Å²) in [6.45, 7) is 11.3. The van der Waals surface area contributed by atoms with Crippen molar-refractivity contribution in [3.8, 4) is 10.6 Å². The highest BCUT2D eigenvalue weighted by Gasteiger charge is 2.26. The minimum Gasteiger partial charge on any atom is -0.481 e. The number of piperazine rings is 1. The summed E-state index contributed by atoms with van der Waals surface area (Å²) in [4.78, 5) is 47.3. The van der Waals surface area contributed by atoms with Crippen LogP contribution in [-0.2, 0) is 17.8 Å². The number of hydrogen-bond donors (Lipinski definition) is 1. The molecule has 2 aliphatic heterocycles. The molecular formula is C28H36N6O3S2. The van der Waals surface area contributed by atoms with Gasteiger partial charge in [-0.1, -0.05) is 0 Å². The third-order valence-electron chi connectivity index (χ3n) is 7.68. The second kappa shape index (κ2) is 12.2. The fraction of sp³-hybridized carbons (Fsp3) is 0.536. The van der Waals surface area contributed by atoms with Crippen molar-refractivity contribution in [1.82, 2.24) is 24.8 Å². The number of thiophene rings is 1. The van der Waals surface area contributed by atoms with E-state index in [0.717, 1.165) is 54.1 Å². The standard InChI is InChI=1S/C28H36N6O3S2/c1-18-11-23(38-17-18)28-24(16-33-7-4-5-19(33)2)39-26(31-28)12-22(35)21-13-30-25(14-29-21)34-10-9-32(20(3)15-34)8-6-27(36)37/h11,13-14,17,19-20H,4-10,12,15-16H2,1-3H3,(H,36,37)/t19-,20-/m1/s1. The predicted molar refractivity (Wildman–Crippen MR) is 155 cm³/mol. The molecule has 9 nitrogen and oxygen atoms in total. The number of carbonyl (C=O) groups is 2. The van der Waals surface area contributed by atoms with Crippen molar-refractivity contribution in [3.63, 3.8) is 0 Å². The number of thiazole rings is 1. The highest BCUT2D eigenvalue weighted by molar-refractivity contribution is 7.15. The molecular weight excluding hydrogens is 532 g/mol. The number of nitrogens with zero attached hydrogens (tertiary/aromatic N) is 6. The van der Waals surface area contributed by atoms with Crippen molar-refractivity contribution in [2.75, 3.05) is 37.6 Å². The van der Waals surface area contributed by atoms with Crippen LogP contribution < -0.4 is 4.90 Å². The van der Waals surface area contributed by atoms with Crippen LogP contribution in [0.4, 0.5) is 5.82 Å². The summed E-state index contributed by atoms with van der Waals surface area (Å²) in [6.07, 6.45) is 6.06. The van der Waals surface area contributed by atoms with E-state index in [-0.39, 0.29) is 24.7 Å². The van der Waals surface area contributed by atoms with E-state index in [4.69, 9.17) is 10.1 Å². The first-order chi connectivity index (χ1) is 18.8. The van der Waals surface area contributed by atoms with Gasteiger partial charge < -0.3 is 10.0 Å². The Morgan fingerprint density at radius 2 is 1.95 bits per heavy atom. The topological polar surface area (TPSA) is 103 Å². The molecule has 0 radical (unpaired) electrons. The van der Waals surface area contributed by atoms with Gasteiger partial charge in [0, 0.05) is 49.7 Å². The number of aromatic nitrogens is 3. The maximum Gasteiger partial charge on any atom is 0.304 e. The first-order valence-electron chi connectivity index (χ1n) is 13.6. The Hall–Kier alpha value is -2.73. The summed E-state index contributed by atoms with van der Waals surface area (Å²) in [5.74, 6) is -0.115. The third kappa shape index (κ3) is 6.71. The number of aryl methyl sites for hydroxylation is 1. The van der Waals surface area contributed by atoms with E-state index in [1.165, 1.54) is 23.3 Å². The fourth-order valence-electron chi connectivity index (χ4n) is 5.37. The number of ketones is 1. The first kappa shape index (κ1) is 27.8. The van der Waals surface area contributed by atoms with Gasteiger partial charge in [0.1, 0.15) is 16.5 Å². The Morgan fingerprint density at radius 1 is 1.10 bits per heavy atom. The maximum atomic E-state index is 13.2. The normalized spacial score (nSPS) is 20.5. The van der Waals surface area contributed by atoms with Crippen LogP contribution in [0.2, 0.25) is 0 Å². The van der Waals surface area contributed by atoms with Gasteiger partial charge >= 0.3 is 5.97 Å². The van der Waals surface area contributed by atoms with Gasteiger partial charge in [0.2, 0.25) is 0 Å². The van der Waals surface area contributed by atoms with E-state index in [2.05, 4.69) is 56.9 Å². The molecule has 2 atom stereocenters. The minimum absolute atomic E-state index is 0.0790. The van der Waals surface area contributed by atoms with Crippen molar-refractivity contribution in [3.05, 3.63) is 45.0 Å². The molecule has 0 spiro atoms. The van der Waals surface area contributed by atoms with Crippen LogP contribution in [0, 0.1) is 6.92 Å². The summed E-state index contributed by atoms with van der Waals surface area (Å²) < 4.78 is 0. The number of likely N-dealkylation sites (tertiary alicyclic amines) is 1. The Bertz CT molecular complexity index is 1310. The third-order valence-corrected chi connectivity index (χ3v) is 9.78. The Balaban J connectivity index is 1.25. The van der Waals surface area contributed by atoms with Crippen molar-refractivity contribution < 1.29 is 14.7 Å². The lowest BCUT2D eigenvalue weighted by atomic mass is 10.2. The number of carboxylic acid groups (broad SMARTS) is 1. The Morgan fingerprint density at radius 3 is 2.59 bits per heavy atom. The number of carboxylic acids is 1. The molecule has 208 valence electrons. The molecule has 2 saturated heterocycles. The average Bonchev–Trinajstić information content (AvgIpc) is 3.63. The molecule has 0 saturated carbocycles. The van der Waals surface area contributed by atoms with Gasteiger partial charge in [-0.25, -0.2) is 15.0 Å². The van der Waals surface area contributed by atoms with Gasteiger partial charge in [-0.3, -0.25) is 19.4 Å². The van der Waals surface area contributed by atoms with Crippen LogP contribution in [0.3, 0.4) is 0 Å². The van der Waals surface area contributed by atoms with E-state index in [1.807, 2.05) is 0 Å². The van der Waals surface area contributed by atoms with Crippen molar-refractivity contribution in [2.45, 2.75) is 65.1 Å². The first-order valence-corrected chi connectivity index (χ1v) is 15.3. The van der Waals surface area contributed by atoms with E-state index in [0.29, 0.717) is 18.3 Å². The van der Waals surface area contributed by atoms with Crippen LogP contribution in [-0.4, -0.2) is 86.4 Å². The number of hydrogen-bond acceptors (Lipinski definition) is 10. The van der Waals surface area contributed by atoms with Gasteiger partial charge in [0.15, 0.2) is 5.78 Å². The van der Waals surface area contributed by atoms with E-state index in [1.54, 1.807) is 35.1 Å². The zero-order valence-electron chi connectivity index (χ0n) is 22.8. The van der Waals surface area contributed by atoms with Crippen LogP contribution in [0.5, 0.6) is 0 Å². The monoisotopic (exact) mass is 568 g/mol. The zero-order chi connectivity index (χ0) is 27.5. The summed E-state index contributed by atoms with van der Waals surface area (Å²) in [5.41, 5.74) is 2.59. The molecule has 2 aliphatic rings. The summed E-state index contributed by atoms with van der Waals surface area (Å²) in [6, 6.07) is 2.96. The van der Waals surface area contributed by atoms with Gasteiger partial charge in [-0.2, -0.15) is 0 Å². The minimum atomic E-state index is -0.774. The van der Waals surface area contributed by atoms with Gasteiger partial charge in [-0.15, -0.1) is 22.7 Å². The van der Waals surface area contributed by atoms with E-state index in [9.17, 15) is 9.59 Å². The number of carbonyl (C=O) groups excluding carboxylic acids is 1. The average molecular weight is 569 g/mol. The highest BCUT2D eigenvalue weighted by Crippen LogP contribution is 2.35. The molecule has 3 aromatic rings. The lowest BCUT2D eigenvalue weighted by molar-refractivity contribution is -0.137. The number of anilines is 1. The SMILES string of the molecule is Cc1csc(-c2nc(CC(=O)c3cnc(N4CCN(CCC(=O)O)[C@H](C)C4)cn3)sc2CN2CCC[C@H]2C)c1. The van der Waals surface area contributed by atoms with Crippen LogP contribution >= 0.6 is 22.7 Å². The molecule has 39 heavy (non-hydrogen) atoms. The van der Waals surface area contributed by atoms with Crippen LogP contribution in [0.15, 0.2) is 23.8 Å². The molecule has 0 unspecified atom stereocenters. The molecule has 3 aromatic heterocycles. The summed E-state index contributed by atoms with van der Waals surface area (Å²) >= 11 is 3.35. The fourth-order valence-corrected chi connectivity index (χ4v) is 7.46. The predicted octanol–water partition coefficient (Wildman–Crippen LogP) is 4.36. The van der Waals surface area contributed by atoms with E-state index < -0.39 is 5.97 Å². The number of rotatable bonds is 10. The molecule has 5 heterocycles. The van der Waals surface area contributed by atoms with E-state index >= 15 is 0 Å². The largest absolute Gasteiger partial charge is 0.481 e. The lowest BCUT2D eigenvalue weighted by Gasteiger charge is -2.40. The molecule has 0 aromatic carbocycles.